The second-order valence-corrected chi connectivity index (χ2v) is 3.28. The summed E-state index contributed by atoms with van der Waals surface area (Å²) < 4.78 is 0. The fraction of sp³-hybridized carbons (Fsp3) is 1.00. The Balaban J connectivity index is 0. The topological polar surface area (TPSA) is 20.2 Å². The maximum atomic E-state index is 8.19. The quantitative estimate of drug-likeness (QED) is 0.385. The zero-order chi connectivity index (χ0) is 3.58. The number of hydrogen-bond donors (Lipinski definition) is 1. The van der Waals surface area contributed by atoms with E-state index in [4.69, 9.17) is 4.80 Å². The first-order valence-corrected chi connectivity index (χ1v) is 4.24. The standard InChI is InChI=1S/C2H8OSi.Li.H/c1-4(2)3;;/h3-4H,1-2H3;;. The molecule has 0 fully saturated rings. The van der Waals surface area contributed by atoms with E-state index < -0.39 is 9.04 Å². The summed E-state index contributed by atoms with van der Waals surface area (Å²) in [5, 5.41) is 0. The van der Waals surface area contributed by atoms with Crippen molar-refractivity contribution in [2.45, 2.75) is 13.1 Å². The van der Waals surface area contributed by atoms with Gasteiger partial charge in [0.15, 0.2) is 9.04 Å². The predicted octanol–water partition coefficient (Wildman–Crippen LogP) is -0.686. The van der Waals surface area contributed by atoms with Gasteiger partial charge in [0, 0.05) is 0 Å². The SMILES string of the molecule is C[SiH](C)O.[LiH]. The molecule has 0 spiro atoms. The van der Waals surface area contributed by atoms with Crippen LogP contribution in [-0.2, 0) is 0 Å². The van der Waals surface area contributed by atoms with E-state index >= 15 is 0 Å². The Morgan fingerprint density at radius 2 is 1.40 bits per heavy atom. The van der Waals surface area contributed by atoms with Gasteiger partial charge in [-0.3, -0.25) is 0 Å². The first-order chi connectivity index (χ1) is 1.73. The minimum atomic E-state index is -1.14. The molecule has 0 rings (SSSR count). The van der Waals surface area contributed by atoms with E-state index in [2.05, 4.69) is 0 Å². The first-order valence-electron chi connectivity index (χ1n) is 1.41. The fourth-order valence-corrected chi connectivity index (χ4v) is 0. The van der Waals surface area contributed by atoms with Gasteiger partial charge in [0.1, 0.15) is 0 Å². The zero-order valence-corrected chi connectivity index (χ0v) is 4.18. The third-order valence-corrected chi connectivity index (χ3v) is 0. The number of rotatable bonds is 0. The Bertz CT molecular complexity index is 14.4. The van der Waals surface area contributed by atoms with E-state index in [0.717, 1.165) is 0 Å². The van der Waals surface area contributed by atoms with Crippen molar-refractivity contribution < 1.29 is 4.80 Å². The van der Waals surface area contributed by atoms with Gasteiger partial charge >= 0.3 is 18.9 Å². The molecular formula is C2H9LiOSi. The van der Waals surface area contributed by atoms with Crippen LogP contribution in [0.4, 0.5) is 0 Å². The summed E-state index contributed by atoms with van der Waals surface area (Å²) >= 11 is 0. The van der Waals surface area contributed by atoms with Crippen LogP contribution in [0.2, 0.25) is 13.1 Å². The third kappa shape index (κ3) is 61.3. The third-order valence-electron chi connectivity index (χ3n) is 0. The molecule has 0 aromatic carbocycles. The molecule has 3 heteroatoms. The van der Waals surface area contributed by atoms with Gasteiger partial charge in [-0.05, 0) is 13.1 Å². The molecule has 1 nitrogen and oxygen atoms in total. The normalized spacial score (nSPS) is 7.20. The second kappa shape index (κ2) is 4.77. The Kier molecular flexibility index (Phi) is 8.82. The Hall–Kier alpha value is 0.774. The maximum absolute atomic E-state index is 8.19. The van der Waals surface area contributed by atoms with Crippen LogP contribution >= 0.6 is 0 Å². The molecule has 0 heterocycles. The predicted molar refractivity (Wildman–Crippen MR) is 28.2 cm³/mol. The minimum absolute atomic E-state index is 0. The summed E-state index contributed by atoms with van der Waals surface area (Å²) in [6, 6.07) is 0. The van der Waals surface area contributed by atoms with Crippen LogP contribution in [0.15, 0.2) is 0 Å². The van der Waals surface area contributed by atoms with E-state index in [9.17, 15) is 0 Å². The summed E-state index contributed by atoms with van der Waals surface area (Å²) in [6.45, 7) is 3.72. The Morgan fingerprint density at radius 3 is 1.40 bits per heavy atom. The van der Waals surface area contributed by atoms with Crippen LogP contribution in [0, 0.1) is 0 Å². The van der Waals surface area contributed by atoms with Crippen molar-refractivity contribution >= 4 is 27.9 Å². The number of hydrogen-bond acceptors (Lipinski definition) is 1. The average Bonchev–Trinajstić information content (AvgIpc) is 0.811. The van der Waals surface area contributed by atoms with Crippen LogP contribution in [0.5, 0.6) is 0 Å². The van der Waals surface area contributed by atoms with Crippen molar-refractivity contribution in [3.05, 3.63) is 0 Å². The average molecular weight is 84.1 g/mol. The molecule has 1 N–H and O–H groups in total. The van der Waals surface area contributed by atoms with E-state index in [1.807, 2.05) is 13.1 Å². The van der Waals surface area contributed by atoms with Crippen LogP contribution < -0.4 is 0 Å². The van der Waals surface area contributed by atoms with Gasteiger partial charge in [0.2, 0.25) is 0 Å². The van der Waals surface area contributed by atoms with Crippen molar-refractivity contribution in [2.24, 2.45) is 0 Å². The molecule has 28 valence electrons. The van der Waals surface area contributed by atoms with Gasteiger partial charge in [-0.25, -0.2) is 0 Å². The molecule has 0 radical (unpaired) electrons. The van der Waals surface area contributed by atoms with Gasteiger partial charge < -0.3 is 4.80 Å². The van der Waals surface area contributed by atoms with Crippen molar-refractivity contribution in [1.29, 1.82) is 0 Å². The molecule has 0 amide bonds. The summed E-state index contributed by atoms with van der Waals surface area (Å²) in [6.07, 6.45) is 0. The van der Waals surface area contributed by atoms with E-state index in [1.54, 1.807) is 0 Å². The second-order valence-electron chi connectivity index (χ2n) is 1.09. The van der Waals surface area contributed by atoms with Gasteiger partial charge in [-0.15, -0.1) is 0 Å². The summed E-state index contributed by atoms with van der Waals surface area (Å²) in [5.41, 5.74) is 0. The molecule has 0 aromatic rings. The van der Waals surface area contributed by atoms with Crippen molar-refractivity contribution in [1.82, 2.24) is 0 Å². The molecule has 5 heavy (non-hydrogen) atoms. The van der Waals surface area contributed by atoms with Crippen molar-refractivity contribution in [3.8, 4) is 0 Å². The molecule has 0 aliphatic rings. The summed E-state index contributed by atoms with van der Waals surface area (Å²) in [7, 11) is -1.14. The molecule has 0 atom stereocenters. The fourth-order valence-electron chi connectivity index (χ4n) is 0. The zero-order valence-electron chi connectivity index (χ0n) is 3.02. The van der Waals surface area contributed by atoms with E-state index in [1.165, 1.54) is 0 Å². The van der Waals surface area contributed by atoms with Crippen molar-refractivity contribution in [2.75, 3.05) is 0 Å². The summed E-state index contributed by atoms with van der Waals surface area (Å²) in [4.78, 5) is 8.19. The molecule has 0 aliphatic carbocycles. The van der Waals surface area contributed by atoms with Crippen LogP contribution in [0.1, 0.15) is 0 Å². The molecule has 0 aliphatic heterocycles. The Morgan fingerprint density at radius 1 is 1.40 bits per heavy atom. The van der Waals surface area contributed by atoms with E-state index in [0.29, 0.717) is 0 Å². The van der Waals surface area contributed by atoms with Gasteiger partial charge in [-0.2, -0.15) is 0 Å². The summed E-state index contributed by atoms with van der Waals surface area (Å²) in [5.74, 6) is 0. The van der Waals surface area contributed by atoms with E-state index in [-0.39, 0.29) is 18.9 Å². The molecule has 0 aromatic heterocycles. The molecule has 0 unspecified atom stereocenters. The van der Waals surface area contributed by atoms with Crippen LogP contribution in [-0.4, -0.2) is 32.7 Å². The van der Waals surface area contributed by atoms with Gasteiger partial charge in [0.25, 0.3) is 0 Å². The Labute approximate surface area is 46.3 Å². The first kappa shape index (κ1) is 9.24. The van der Waals surface area contributed by atoms with Crippen LogP contribution in [0.3, 0.4) is 0 Å². The van der Waals surface area contributed by atoms with Gasteiger partial charge in [0.05, 0.1) is 0 Å². The molecule has 0 bridgehead atoms. The van der Waals surface area contributed by atoms with Crippen molar-refractivity contribution in [3.63, 3.8) is 0 Å². The molecule has 0 saturated heterocycles. The monoisotopic (exact) mass is 84.1 g/mol. The molecular weight excluding hydrogens is 75.0 g/mol. The van der Waals surface area contributed by atoms with Gasteiger partial charge in [-0.1, -0.05) is 0 Å². The molecule has 0 saturated carbocycles. The van der Waals surface area contributed by atoms with Crippen LogP contribution in [0.25, 0.3) is 0 Å².